The third kappa shape index (κ3) is 7.93. The molecule has 0 aliphatic heterocycles. The van der Waals surface area contributed by atoms with Crippen LogP contribution in [0.5, 0.6) is 0 Å². The summed E-state index contributed by atoms with van der Waals surface area (Å²) in [6, 6.07) is 95.6. The Balaban J connectivity index is 1.09. The fourth-order valence-electron chi connectivity index (χ4n) is 8.45. The van der Waals surface area contributed by atoms with Crippen molar-refractivity contribution in [2.45, 2.75) is 0 Å². The maximum atomic E-state index is 2.40. The number of anilines is 6. The summed E-state index contributed by atoms with van der Waals surface area (Å²) in [6.07, 6.45) is 0. The predicted octanol–water partition coefficient (Wildman–Crippen LogP) is 17.0. The van der Waals surface area contributed by atoms with Gasteiger partial charge in [0.25, 0.3) is 0 Å². The molecule has 0 fully saturated rings. The molecule has 62 heavy (non-hydrogen) atoms. The van der Waals surface area contributed by atoms with Crippen molar-refractivity contribution < 1.29 is 0 Å². The second-order valence-electron chi connectivity index (χ2n) is 15.4. The SMILES string of the molecule is c1ccc(-c2cccc(N(c3ccccc3)c3ccc(-c4cc(-c5ccccc5)c(-c5ccc(N(c6ccccc6)c6ccccc6)cc5)cc4-c4ccccc4)cc3)c2)cc1. The summed E-state index contributed by atoms with van der Waals surface area (Å²) in [5.41, 5.74) is 18.4. The summed E-state index contributed by atoms with van der Waals surface area (Å²) in [5, 5.41) is 0. The van der Waals surface area contributed by atoms with Crippen molar-refractivity contribution in [3.05, 3.63) is 267 Å². The third-order valence-electron chi connectivity index (χ3n) is 11.5. The first-order chi connectivity index (χ1) is 30.8. The minimum atomic E-state index is 1.09. The minimum absolute atomic E-state index is 1.09. The molecule has 0 N–H and O–H groups in total. The first kappa shape index (κ1) is 38.0. The Morgan fingerprint density at radius 3 is 0.790 bits per heavy atom. The predicted molar refractivity (Wildman–Crippen MR) is 263 cm³/mol. The van der Waals surface area contributed by atoms with Crippen LogP contribution in [0, 0.1) is 0 Å². The number of rotatable bonds is 11. The van der Waals surface area contributed by atoms with Gasteiger partial charge in [-0.3, -0.25) is 0 Å². The van der Waals surface area contributed by atoms with Gasteiger partial charge in [0, 0.05) is 34.1 Å². The second kappa shape index (κ2) is 17.6. The van der Waals surface area contributed by atoms with Crippen LogP contribution in [0.1, 0.15) is 0 Å². The molecule has 10 aromatic rings. The van der Waals surface area contributed by atoms with Gasteiger partial charge < -0.3 is 9.80 Å². The molecular formula is C60H44N2. The molecule has 0 spiro atoms. The van der Waals surface area contributed by atoms with Crippen molar-refractivity contribution >= 4 is 34.1 Å². The zero-order valence-electron chi connectivity index (χ0n) is 34.3. The lowest BCUT2D eigenvalue weighted by Gasteiger charge is -2.26. The molecule has 0 aromatic heterocycles. The molecule has 0 aliphatic rings. The smallest absolute Gasteiger partial charge is 0.0467 e. The zero-order chi connectivity index (χ0) is 41.5. The maximum absolute atomic E-state index is 2.40. The van der Waals surface area contributed by atoms with Crippen LogP contribution in [0.3, 0.4) is 0 Å². The van der Waals surface area contributed by atoms with E-state index >= 15 is 0 Å². The van der Waals surface area contributed by atoms with E-state index in [1.807, 2.05) is 0 Å². The van der Waals surface area contributed by atoms with E-state index in [0.29, 0.717) is 0 Å². The molecule has 0 heterocycles. The lowest BCUT2D eigenvalue weighted by molar-refractivity contribution is 1.28. The van der Waals surface area contributed by atoms with E-state index in [9.17, 15) is 0 Å². The quantitative estimate of drug-likeness (QED) is 0.129. The molecule has 0 bridgehead atoms. The van der Waals surface area contributed by atoms with Gasteiger partial charge in [0.05, 0.1) is 0 Å². The molecule has 2 nitrogen and oxygen atoms in total. The summed E-state index contributed by atoms with van der Waals surface area (Å²) >= 11 is 0. The summed E-state index contributed by atoms with van der Waals surface area (Å²) < 4.78 is 0. The van der Waals surface area contributed by atoms with Crippen molar-refractivity contribution in [3.8, 4) is 55.6 Å². The topological polar surface area (TPSA) is 6.48 Å². The fraction of sp³-hybridized carbons (Fsp3) is 0. The maximum Gasteiger partial charge on any atom is 0.0467 e. The highest BCUT2D eigenvalue weighted by Gasteiger charge is 2.19. The summed E-state index contributed by atoms with van der Waals surface area (Å²) in [4.78, 5) is 4.65. The number of nitrogens with zero attached hydrogens (tertiary/aromatic N) is 2. The van der Waals surface area contributed by atoms with Crippen molar-refractivity contribution in [1.82, 2.24) is 0 Å². The highest BCUT2D eigenvalue weighted by molar-refractivity contribution is 5.96. The second-order valence-corrected chi connectivity index (χ2v) is 15.4. The summed E-state index contributed by atoms with van der Waals surface area (Å²) in [6.45, 7) is 0. The van der Waals surface area contributed by atoms with E-state index in [1.165, 1.54) is 44.5 Å². The fourth-order valence-corrected chi connectivity index (χ4v) is 8.45. The Labute approximate surface area is 364 Å². The zero-order valence-corrected chi connectivity index (χ0v) is 34.3. The molecule has 2 heteroatoms. The molecule has 0 amide bonds. The Hall–Kier alpha value is -8.20. The standard InChI is InChI=1S/C60H44N2/c1-7-20-45(21-8-1)50-26-19-33-56(42-50)62(53-31-17-6-18-32-53)55-40-36-49(37-41-55)60-44-57(46-22-9-2-10-23-46)59(43-58(60)47-24-11-3-12-25-47)48-34-38-54(39-35-48)61(51-27-13-4-14-28-51)52-29-15-5-16-30-52/h1-44H. The van der Waals surface area contributed by atoms with Gasteiger partial charge in [-0.15, -0.1) is 0 Å². The van der Waals surface area contributed by atoms with Crippen molar-refractivity contribution in [2.24, 2.45) is 0 Å². The Bertz CT molecular complexity index is 2970. The number of benzene rings is 10. The van der Waals surface area contributed by atoms with Crippen LogP contribution in [-0.4, -0.2) is 0 Å². The minimum Gasteiger partial charge on any atom is -0.311 e. The molecule has 0 atom stereocenters. The molecule has 10 aromatic carbocycles. The number of hydrogen-bond donors (Lipinski definition) is 0. The summed E-state index contributed by atoms with van der Waals surface area (Å²) in [5.74, 6) is 0. The number of hydrogen-bond acceptors (Lipinski definition) is 2. The molecule has 10 rings (SSSR count). The monoisotopic (exact) mass is 792 g/mol. The lowest BCUT2D eigenvalue weighted by atomic mass is 9.85. The van der Waals surface area contributed by atoms with Gasteiger partial charge in [-0.05, 0) is 141 Å². The van der Waals surface area contributed by atoms with Crippen LogP contribution < -0.4 is 9.80 Å². The molecule has 0 radical (unpaired) electrons. The van der Waals surface area contributed by atoms with E-state index in [4.69, 9.17) is 0 Å². The Morgan fingerprint density at radius 2 is 0.419 bits per heavy atom. The third-order valence-corrected chi connectivity index (χ3v) is 11.5. The van der Waals surface area contributed by atoms with Crippen molar-refractivity contribution in [3.63, 3.8) is 0 Å². The van der Waals surface area contributed by atoms with Crippen molar-refractivity contribution in [2.75, 3.05) is 9.80 Å². The summed E-state index contributed by atoms with van der Waals surface area (Å²) in [7, 11) is 0. The molecule has 0 aliphatic carbocycles. The Kier molecular flexibility index (Phi) is 10.8. The van der Waals surface area contributed by atoms with Crippen LogP contribution >= 0.6 is 0 Å². The number of para-hydroxylation sites is 3. The highest BCUT2D eigenvalue weighted by atomic mass is 15.1. The average Bonchev–Trinajstić information content (AvgIpc) is 3.36. The van der Waals surface area contributed by atoms with Gasteiger partial charge in [-0.1, -0.05) is 182 Å². The van der Waals surface area contributed by atoms with Gasteiger partial charge in [-0.2, -0.15) is 0 Å². The molecule has 0 saturated heterocycles. The van der Waals surface area contributed by atoms with Gasteiger partial charge in [0.15, 0.2) is 0 Å². The van der Waals surface area contributed by atoms with Gasteiger partial charge in [0.2, 0.25) is 0 Å². The molecule has 0 unspecified atom stereocenters. The molecule has 294 valence electrons. The van der Waals surface area contributed by atoms with E-state index in [-0.39, 0.29) is 0 Å². The van der Waals surface area contributed by atoms with Gasteiger partial charge in [0.1, 0.15) is 0 Å². The van der Waals surface area contributed by atoms with Crippen LogP contribution in [0.25, 0.3) is 55.6 Å². The van der Waals surface area contributed by atoms with E-state index in [1.54, 1.807) is 0 Å². The van der Waals surface area contributed by atoms with Crippen LogP contribution in [0.15, 0.2) is 267 Å². The first-order valence-electron chi connectivity index (χ1n) is 21.2. The van der Waals surface area contributed by atoms with E-state index in [2.05, 4.69) is 277 Å². The Morgan fingerprint density at radius 1 is 0.161 bits per heavy atom. The van der Waals surface area contributed by atoms with E-state index < -0.39 is 0 Å². The van der Waals surface area contributed by atoms with Crippen molar-refractivity contribution in [1.29, 1.82) is 0 Å². The molecule has 0 saturated carbocycles. The largest absolute Gasteiger partial charge is 0.311 e. The highest BCUT2D eigenvalue weighted by Crippen LogP contribution is 2.44. The average molecular weight is 793 g/mol. The van der Waals surface area contributed by atoms with Crippen LogP contribution in [-0.2, 0) is 0 Å². The van der Waals surface area contributed by atoms with Crippen LogP contribution in [0.2, 0.25) is 0 Å². The van der Waals surface area contributed by atoms with Gasteiger partial charge >= 0.3 is 0 Å². The lowest BCUT2D eigenvalue weighted by Crippen LogP contribution is -2.09. The molecular weight excluding hydrogens is 749 g/mol. The van der Waals surface area contributed by atoms with E-state index in [0.717, 1.165) is 45.3 Å². The normalized spacial score (nSPS) is 10.9. The van der Waals surface area contributed by atoms with Gasteiger partial charge in [-0.25, -0.2) is 0 Å². The van der Waals surface area contributed by atoms with Crippen LogP contribution in [0.4, 0.5) is 34.1 Å². The first-order valence-corrected chi connectivity index (χ1v) is 21.2.